The first kappa shape index (κ1) is 30.0. The van der Waals surface area contributed by atoms with Gasteiger partial charge in [0.15, 0.2) is 11.5 Å². The number of carboxylic acid groups (broad SMARTS) is 1. The molecule has 3 aromatic rings. The SMILES string of the molecule is COc1ccc(CCNS(=O)(=O)c2ccc(C(=O)NC(CCSC)C(=O)O)c(-c3ccccc3)c2)cc1OC. The average molecular weight is 573 g/mol. The van der Waals surface area contributed by atoms with Crippen molar-refractivity contribution in [2.75, 3.05) is 32.8 Å². The van der Waals surface area contributed by atoms with Crippen molar-refractivity contribution in [3.8, 4) is 22.6 Å². The fourth-order valence-electron chi connectivity index (χ4n) is 3.92. The highest BCUT2D eigenvalue weighted by Gasteiger charge is 2.24. The molecule has 0 aliphatic rings. The number of aliphatic carboxylic acids is 1. The number of rotatable bonds is 14. The van der Waals surface area contributed by atoms with Gasteiger partial charge in [-0.15, -0.1) is 0 Å². The molecule has 11 heteroatoms. The van der Waals surface area contributed by atoms with Crippen LogP contribution in [0.15, 0.2) is 71.6 Å². The average Bonchev–Trinajstić information content (AvgIpc) is 2.94. The second-order valence-corrected chi connectivity index (χ2v) is 11.3. The van der Waals surface area contributed by atoms with Crippen LogP contribution in [0, 0.1) is 0 Å². The van der Waals surface area contributed by atoms with E-state index in [9.17, 15) is 23.1 Å². The molecule has 0 aliphatic carbocycles. The predicted molar refractivity (Wildman–Crippen MR) is 152 cm³/mol. The molecule has 39 heavy (non-hydrogen) atoms. The first-order chi connectivity index (χ1) is 18.7. The summed E-state index contributed by atoms with van der Waals surface area (Å²) in [5.41, 5.74) is 2.05. The second-order valence-electron chi connectivity index (χ2n) is 8.56. The van der Waals surface area contributed by atoms with E-state index in [0.717, 1.165) is 5.56 Å². The zero-order valence-electron chi connectivity index (χ0n) is 22.0. The molecule has 1 amide bonds. The summed E-state index contributed by atoms with van der Waals surface area (Å²) in [6.07, 6.45) is 2.53. The van der Waals surface area contributed by atoms with Crippen molar-refractivity contribution in [2.45, 2.75) is 23.8 Å². The number of carbonyl (C=O) groups excluding carboxylic acids is 1. The summed E-state index contributed by atoms with van der Waals surface area (Å²) in [6, 6.07) is 17.4. The monoisotopic (exact) mass is 572 g/mol. The number of hydrogen-bond donors (Lipinski definition) is 3. The highest BCUT2D eigenvalue weighted by molar-refractivity contribution is 7.98. The Balaban J connectivity index is 1.84. The third kappa shape index (κ3) is 7.98. The third-order valence-electron chi connectivity index (χ3n) is 6.00. The molecular weight excluding hydrogens is 540 g/mol. The van der Waals surface area contributed by atoms with Crippen LogP contribution in [0.1, 0.15) is 22.3 Å². The number of ether oxygens (including phenoxy) is 2. The number of nitrogens with one attached hydrogen (secondary N) is 2. The number of thioether (sulfide) groups is 1. The van der Waals surface area contributed by atoms with Gasteiger partial charge in [-0.3, -0.25) is 4.79 Å². The fourth-order valence-corrected chi connectivity index (χ4v) is 5.45. The summed E-state index contributed by atoms with van der Waals surface area (Å²) >= 11 is 1.48. The molecule has 0 heterocycles. The molecule has 3 N–H and O–H groups in total. The standard InChI is InChI=1S/C28H32N2O7S2/c1-36-25-12-9-19(17-26(25)37-2)13-15-29-39(34,35)21-10-11-22(23(18-21)20-7-5-4-6-8-20)27(31)30-24(28(32)33)14-16-38-3/h4-12,17-18,24,29H,13-16H2,1-3H3,(H,30,31)(H,32,33). The topological polar surface area (TPSA) is 131 Å². The van der Waals surface area contributed by atoms with Crippen LogP contribution in [0.25, 0.3) is 11.1 Å². The summed E-state index contributed by atoms with van der Waals surface area (Å²) in [4.78, 5) is 24.8. The molecule has 208 valence electrons. The van der Waals surface area contributed by atoms with E-state index >= 15 is 0 Å². The van der Waals surface area contributed by atoms with Gasteiger partial charge in [-0.05, 0) is 71.9 Å². The number of methoxy groups -OCH3 is 2. The normalized spacial score (nSPS) is 12.0. The molecule has 0 radical (unpaired) electrons. The van der Waals surface area contributed by atoms with Crippen molar-refractivity contribution < 1.29 is 32.6 Å². The van der Waals surface area contributed by atoms with Crippen molar-refractivity contribution in [2.24, 2.45) is 0 Å². The lowest BCUT2D eigenvalue weighted by Gasteiger charge is -2.17. The Morgan fingerprint density at radius 3 is 2.33 bits per heavy atom. The quantitative estimate of drug-likeness (QED) is 0.266. The lowest BCUT2D eigenvalue weighted by molar-refractivity contribution is -0.139. The Morgan fingerprint density at radius 1 is 0.974 bits per heavy atom. The van der Waals surface area contributed by atoms with E-state index in [0.29, 0.717) is 34.8 Å². The molecule has 0 aliphatic heterocycles. The number of benzene rings is 3. The molecule has 0 bridgehead atoms. The summed E-state index contributed by atoms with van der Waals surface area (Å²) in [5, 5.41) is 12.1. The number of carbonyl (C=O) groups is 2. The molecule has 0 aromatic heterocycles. The Bertz CT molecular complexity index is 1400. The van der Waals surface area contributed by atoms with Gasteiger partial charge in [0.05, 0.1) is 19.1 Å². The molecule has 1 unspecified atom stereocenters. The number of hydrogen-bond acceptors (Lipinski definition) is 7. The maximum absolute atomic E-state index is 13.2. The van der Waals surface area contributed by atoms with E-state index < -0.39 is 27.9 Å². The zero-order valence-corrected chi connectivity index (χ0v) is 23.6. The van der Waals surface area contributed by atoms with Crippen molar-refractivity contribution in [3.05, 3.63) is 77.9 Å². The van der Waals surface area contributed by atoms with Crippen LogP contribution in [-0.2, 0) is 21.2 Å². The first-order valence-corrected chi connectivity index (χ1v) is 15.0. The molecule has 0 fully saturated rings. The summed E-state index contributed by atoms with van der Waals surface area (Å²) in [7, 11) is -0.840. The van der Waals surface area contributed by atoms with Crippen LogP contribution in [0.3, 0.4) is 0 Å². The molecule has 3 aromatic carbocycles. The van der Waals surface area contributed by atoms with Crippen molar-refractivity contribution in [1.82, 2.24) is 10.0 Å². The predicted octanol–water partition coefficient (Wildman–Crippen LogP) is 3.83. The zero-order chi connectivity index (χ0) is 28.4. The molecule has 0 saturated heterocycles. The maximum Gasteiger partial charge on any atom is 0.326 e. The van der Waals surface area contributed by atoms with Gasteiger partial charge in [-0.2, -0.15) is 11.8 Å². The summed E-state index contributed by atoms with van der Waals surface area (Å²) in [6.45, 7) is 0.135. The Hall–Kier alpha value is -3.54. The molecular formula is C28H32N2O7S2. The fraction of sp³-hybridized carbons (Fsp3) is 0.286. The van der Waals surface area contributed by atoms with E-state index in [2.05, 4.69) is 10.0 Å². The van der Waals surface area contributed by atoms with Crippen LogP contribution in [0.5, 0.6) is 11.5 Å². The Kier molecular flexibility index (Phi) is 10.8. The van der Waals surface area contributed by atoms with Gasteiger partial charge in [-0.1, -0.05) is 36.4 Å². The largest absolute Gasteiger partial charge is 0.493 e. The van der Waals surface area contributed by atoms with E-state index in [1.54, 1.807) is 43.5 Å². The number of sulfonamides is 1. The highest BCUT2D eigenvalue weighted by Crippen LogP contribution is 2.29. The van der Waals surface area contributed by atoms with Gasteiger partial charge >= 0.3 is 5.97 Å². The van der Waals surface area contributed by atoms with Crippen molar-refractivity contribution in [3.63, 3.8) is 0 Å². The summed E-state index contributed by atoms with van der Waals surface area (Å²) in [5.74, 6) is -0.0185. The van der Waals surface area contributed by atoms with E-state index in [1.807, 2.05) is 18.4 Å². The minimum absolute atomic E-state index is 0.0117. The second kappa shape index (κ2) is 14.0. The van der Waals surface area contributed by atoms with Crippen LogP contribution in [-0.4, -0.2) is 64.2 Å². The Morgan fingerprint density at radius 2 is 1.69 bits per heavy atom. The first-order valence-electron chi connectivity index (χ1n) is 12.1. The molecule has 9 nitrogen and oxygen atoms in total. The molecule has 0 spiro atoms. The Labute approximate surface area is 233 Å². The molecule has 3 rings (SSSR count). The number of amides is 1. The third-order valence-corrected chi connectivity index (χ3v) is 8.10. The van der Waals surface area contributed by atoms with Gasteiger partial charge < -0.3 is 19.9 Å². The minimum atomic E-state index is -3.91. The van der Waals surface area contributed by atoms with E-state index in [-0.39, 0.29) is 23.4 Å². The van der Waals surface area contributed by atoms with Crippen molar-refractivity contribution in [1.29, 1.82) is 0 Å². The van der Waals surface area contributed by atoms with Crippen molar-refractivity contribution >= 4 is 33.7 Å². The minimum Gasteiger partial charge on any atom is -0.493 e. The lowest BCUT2D eigenvalue weighted by Crippen LogP contribution is -2.41. The van der Waals surface area contributed by atoms with Crippen LogP contribution >= 0.6 is 11.8 Å². The van der Waals surface area contributed by atoms with E-state index in [4.69, 9.17) is 9.47 Å². The number of carboxylic acids is 1. The van der Waals surface area contributed by atoms with Gasteiger partial charge in [0.2, 0.25) is 10.0 Å². The molecule has 1 atom stereocenters. The van der Waals surface area contributed by atoms with Gasteiger partial charge in [0, 0.05) is 12.1 Å². The van der Waals surface area contributed by atoms with Gasteiger partial charge in [-0.25, -0.2) is 17.9 Å². The van der Waals surface area contributed by atoms with Crippen LogP contribution in [0.4, 0.5) is 0 Å². The van der Waals surface area contributed by atoms with Gasteiger partial charge in [0.25, 0.3) is 5.91 Å². The van der Waals surface area contributed by atoms with Crippen LogP contribution in [0.2, 0.25) is 0 Å². The molecule has 0 saturated carbocycles. The lowest BCUT2D eigenvalue weighted by atomic mass is 9.99. The van der Waals surface area contributed by atoms with Gasteiger partial charge in [0.1, 0.15) is 6.04 Å². The maximum atomic E-state index is 13.2. The highest BCUT2D eigenvalue weighted by atomic mass is 32.2. The smallest absolute Gasteiger partial charge is 0.326 e. The van der Waals surface area contributed by atoms with E-state index in [1.165, 1.54) is 37.1 Å². The van der Waals surface area contributed by atoms with Crippen LogP contribution < -0.4 is 19.5 Å². The summed E-state index contributed by atoms with van der Waals surface area (Å²) < 4.78 is 39.5.